The molecule has 3 heterocycles. The van der Waals surface area contributed by atoms with Gasteiger partial charge in [-0.25, -0.2) is 4.79 Å². The molecular weight excluding hydrogens is 424 g/mol. The molecule has 2 N–H and O–H groups in total. The summed E-state index contributed by atoms with van der Waals surface area (Å²) in [5.41, 5.74) is 1.76. The third-order valence-corrected chi connectivity index (χ3v) is 5.67. The smallest absolute Gasteiger partial charge is 0.337 e. The monoisotopic (exact) mass is 442 g/mol. The number of aromatic amines is 1. The van der Waals surface area contributed by atoms with Gasteiger partial charge in [0.25, 0.3) is 11.7 Å². The number of carbonyl (C=O) groups is 3. The molecule has 1 amide bonds. The SMILES string of the molecule is COC(=O)c1ccc(N2C(=O)C(=O)/C(=C(\O)c3c[nH]c4ccccc34)C2c2ccco2)cc1. The summed E-state index contributed by atoms with van der Waals surface area (Å²) < 4.78 is 10.3. The van der Waals surface area contributed by atoms with Crippen LogP contribution in [0.25, 0.3) is 16.7 Å². The zero-order valence-corrected chi connectivity index (χ0v) is 17.4. The molecule has 1 aliphatic rings. The van der Waals surface area contributed by atoms with E-state index >= 15 is 0 Å². The molecule has 1 unspecified atom stereocenters. The molecule has 8 heteroatoms. The first-order valence-corrected chi connectivity index (χ1v) is 10.1. The Morgan fingerprint density at radius 1 is 1.06 bits per heavy atom. The Kier molecular flexibility index (Phi) is 4.82. The van der Waals surface area contributed by atoms with Gasteiger partial charge < -0.3 is 19.2 Å². The molecule has 164 valence electrons. The first kappa shape index (κ1) is 20.3. The Hall–Kier alpha value is -4.59. The minimum atomic E-state index is -0.988. The number of Topliss-reactive ketones (excluding diaryl/α,β-unsaturated/α-hetero) is 1. The Morgan fingerprint density at radius 2 is 1.82 bits per heavy atom. The quantitative estimate of drug-likeness (QED) is 0.212. The largest absolute Gasteiger partial charge is 0.507 e. The van der Waals surface area contributed by atoms with Crippen molar-refractivity contribution in [2.75, 3.05) is 12.0 Å². The molecule has 0 aliphatic carbocycles. The summed E-state index contributed by atoms with van der Waals surface area (Å²) in [5, 5.41) is 11.9. The number of para-hydroxylation sites is 1. The van der Waals surface area contributed by atoms with E-state index in [9.17, 15) is 19.5 Å². The lowest BCUT2D eigenvalue weighted by Crippen LogP contribution is -2.29. The number of amides is 1. The summed E-state index contributed by atoms with van der Waals surface area (Å²) in [7, 11) is 1.27. The van der Waals surface area contributed by atoms with E-state index in [1.807, 2.05) is 24.3 Å². The van der Waals surface area contributed by atoms with Gasteiger partial charge in [-0.3, -0.25) is 14.5 Å². The number of nitrogens with zero attached hydrogens (tertiary/aromatic N) is 1. The van der Waals surface area contributed by atoms with Gasteiger partial charge in [-0.2, -0.15) is 0 Å². The lowest BCUT2D eigenvalue weighted by atomic mass is 9.99. The van der Waals surface area contributed by atoms with Crippen molar-refractivity contribution in [3.05, 3.63) is 95.6 Å². The summed E-state index contributed by atoms with van der Waals surface area (Å²) in [6.07, 6.45) is 3.03. The van der Waals surface area contributed by atoms with Crippen LogP contribution in [-0.2, 0) is 14.3 Å². The van der Waals surface area contributed by atoms with E-state index < -0.39 is 23.7 Å². The summed E-state index contributed by atoms with van der Waals surface area (Å²) in [5.74, 6) is -2.17. The standard InChI is InChI=1S/C25H18N2O6/c1-32-25(31)14-8-10-15(11-9-14)27-21(19-7-4-12-33-19)20(23(29)24(27)30)22(28)17-13-26-18-6-3-2-5-16(17)18/h2-13,21,26,28H,1H3/b22-20-. The maximum Gasteiger partial charge on any atom is 0.337 e. The number of rotatable bonds is 4. The van der Waals surface area contributed by atoms with E-state index in [-0.39, 0.29) is 11.3 Å². The Morgan fingerprint density at radius 3 is 2.52 bits per heavy atom. The molecule has 2 aromatic heterocycles. The van der Waals surface area contributed by atoms with Crippen LogP contribution in [-0.4, -0.2) is 34.9 Å². The Balaban J connectivity index is 1.68. The van der Waals surface area contributed by atoms with Gasteiger partial charge >= 0.3 is 5.97 Å². The number of aliphatic hydroxyl groups is 1. The lowest BCUT2D eigenvalue weighted by Gasteiger charge is -2.23. The van der Waals surface area contributed by atoms with Crippen molar-refractivity contribution in [2.45, 2.75) is 6.04 Å². The predicted molar refractivity (Wildman–Crippen MR) is 120 cm³/mol. The summed E-state index contributed by atoms with van der Waals surface area (Å²) in [6.45, 7) is 0. The number of aliphatic hydroxyl groups excluding tert-OH is 1. The van der Waals surface area contributed by atoms with Gasteiger partial charge in [0, 0.05) is 28.4 Å². The third kappa shape index (κ3) is 3.20. The van der Waals surface area contributed by atoms with Gasteiger partial charge in [0.1, 0.15) is 17.6 Å². The summed E-state index contributed by atoms with van der Waals surface area (Å²) in [6, 6.07) is 15.7. The van der Waals surface area contributed by atoms with E-state index in [4.69, 9.17) is 9.15 Å². The molecule has 0 spiro atoms. The van der Waals surface area contributed by atoms with Crippen molar-refractivity contribution in [3.63, 3.8) is 0 Å². The molecule has 2 aromatic carbocycles. The number of furan rings is 1. The number of aromatic nitrogens is 1. The molecule has 5 rings (SSSR count). The number of methoxy groups -OCH3 is 1. The van der Waals surface area contributed by atoms with Crippen LogP contribution in [0.4, 0.5) is 5.69 Å². The molecule has 1 saturated heterocycles. The average molecular weight is 442 g/mol. The number of fused-ring (bicyclic) bond motifs is 1. The molecule has 33 heavy (non-hydrogen) atoms. The van der Waals surface area contributed by atoms with E-state index in [1.54, 1.807) is 30.5 Å². The number of H-pyrrole nitrogens is 1. The van der Waals surface area contributed by atoms with Gasteiger partial charge in [0.15, 0.2) is 0 Å². The molecular formula is C25H18N2O6. The van der Waals surface area contributed by atoms with Crippen LogP contribution in [0.1, 0.15) is 27.7 Å². The van der Waals surface area contributed by atoms with Crippen molar-refractivity contribution >= 4 is 40.0 Å². The van der Waals surface area contributed by atoms with Crippen LogP contribution >= 0.6 is 0 Å². The number of anilines is 1. The van der Waals surface area contributed by atoms with Gasteiger partial charge in [-0.15, -0.1) is 0 Å². The molecule has 4 aromatic rings. The van der Waals surface area contributed by atoms with E-state index in [0.29, 0.717) is 28.0 Å². The minimum Gasteiger partial charge on any atom is -0.507 e. The summed E-state index contributed by atoms with van der Waals surface area (Å²) in [4.78, 5) is 42.4. The number of ketones is 1. The van der Waals surface area contributed by atoms with E-state index in [2.05, 4.69) is 4.98 Å². The maximum atomic E-state index is 13.2. The highest BCUT2D eigenvalue weighted by molar-refractivity contribution is 6.51. The number of ether oxygens (including phenoxy) is 1. The van der Waals surface area contributed by atoms with Crippen LogP contribution in [0.15, 0.2) is 83.1 Å². The van der Waals surface area contributed by atoms with Crippen LogP contribution in [0.2, 0.25) is 0 Å². The highest BCUT2D eigenvalue weighted by Crippen LogP contribution is 2.43. The average Bonchev–Trinajstić information content (AvgIpc) is 3.57. The molecule has 1 fully saturated rings. The number of nitrogens with one attached hydrogen (secondary N) is 1. The van der Waals surface area contributed by atoms with Crippen molar-refractivity contribution in [2.24, 2.45) is 0 Å². The number of carbonyl (C=O) groups excluding carboxylic acids is 3. The van der Waals surface area contributed by atoms with Gasteiger partial charge in [-0.05, 0) is 42.5 Å². The zero-order chi connectivity index (χ0) is 23.1. The van der Waals surface area contributed by atoms with Gasteiger partial charge in [-0.1, -0.05) is 18.2 Å². The van der Waals surface area contributed by atoms with Crippen LogP contribution in [0.5, 0.6) is 0 Å². The third-order valence-electron chi connectivity index (χ3n) is 5.67. The van der Waals surface area contributed by atoms with Crippen molar-refractivity contribution < 1.29 is 28.6 Å². The normalized spacial score (nSPS) is 17.6. The fourth-order valence-corrected chi connectivity index (χ4v) is 4.10. The second-order valence-corrected chi connectivity index (χ2v) is 7.47. The van der Waals surface area contributed by atoms with E-state index in [1.165, 1.54) is 30.4 Å². The van der Waals surface area contributed by atoms with Crippen LogP contribution < -0.4 is 4.90 Å². The van der Waals surface area contributed by atoms with Gasteiger partial charge in [0.2, 0.25) is 0 Å². The number of hydrogen-bond acceptors (Lipinski definition) is 6. The zero-order valence-electron chi connectivity index (χ0n) is 17.4. The Labute approximate surface area is 187 Å². The highest BCUT2D eigenvalue weighted by atomic mass is 16.5. The summed E-state index contributed by atoms with van der Waals surface area (Å²) >= 11 is 0. The highest BCUT2D eigenvalue weighted by Gasteiger charge is 2.48. The molecule has 1 atom stereocenters. The lowest BCUT2D eigenvalue weighted by molar-refractivity contribution is -0.132. The Bertz CT molecular complexity index is 1410. The number of benzene rings is 2. The molecule has 1 aliphatic heterocycles. The van der Waals surface area contributed by atoms with Crippen molar-refractivity contribution in [1.82, 2.24) is 4.98 Å². The molecule has 8 nitrogen and oxygen atoms in total. The molecule has 0 bridgehead atoms. The van der Waals surface area contributed by atoms with Crippen molar-refractivity contribution in [1.29, 1.82) is 0 Å². The van der Waals surface area contributed by atoms with Crippen LogP contribution in [0, 0.1) is 0 Å². The van der Waals surface area contributed by atoms with Gasteiger partial charge in [0.05, 0.1) is 24.5 Å². The van der Waals surface area contributed by atoms with Crippen molar-refractivity contribution in [3.8, 4) is 0 Å². The molecule has 0 saturated carbocycles. The van der Waals surface area contributed by atoms with E-state index in [0.717, 1.165) is 5.52 Å². The second kappa shape index (κ2) is 7.83. The van der Waals surface area contributed by atoms with Crippen LogP contribution in [0.3, 0.4) is 0 Å². The predicted octanol–water partition coefficient (Wildman–Crippen LogP) is 4.17. The fourth-order valence-electron chi connectivity index (χ4n) is 4.10. The maximum absolute atomic E-state index is 13.2. The number of esters is 1. The minimum absolute atomic E-state index is 0.0863. The molecule has 0 radical (unpaired) electrons. The number of hydrogen-bond donors (Lipinski definition) is 2. The fraction of sp³-hybridized carbons (Fsp3) is 0.0800. The topological polar surface area (TPSA) is 113 Å². The first-order chi connectivity index (χ1) is 16.0. The second-order valence-electron chi connectivity index (χ2n) is 7.47. The first-order valence-electron chi connectivity index (χ1n) is 10.1.